The van der Waals surface area contributed by atoms with Crippen molar-refractivity contribution in [2.45, 2.75) is 36.5 Å². The van der Waals surface area contributed by atoms with Gasteiger partial charge >= 0.3 is 5.97 Å². The number of ether oxygens (including phenoxy) is 1. The molecule has 2 aromatic rings. The third-order valence-electron chi connectivity index (χ3n) is 3.49. The Bertz CT molecular complexity index is 725. The molecule has 0 saturated heterocycles. The Morgan fingerprint density at radius 1 is 1.13 bits per heavy atom. The van der Waals surface area contributed by atoms with E-state index in [0.29, 0.717) is 6.42 Å². The molecule has 2 aromatic carbocycles. The molecule has 23 heavy (non-hydrogen) atoms. The van der Waals surface area contributed by atoms with Gasteiger partial charge < -0.3 is 4.74 Å². The summed E-state index contributed by atoms with van der Waals surface area (Å²) < 4.78 is 5.43. The van der Waals surface area contributed by atoms with Crippen LogP contribution in [0.3, 0.4) is 0 Å². The van der Waals surface area contributed by atoms with E-state index in [0.717, 1.165) is 21.9 Å². The van der Waals surface area contributed by atoms with Crippen molar-refractivity contribution in [3.05, 3.63) is 60.2 Å². The van der Waals surface area contributed by atoms with E-state index >= 15 is 0 Å². The number of hydrogen-bond acceptors (Lipinski definition) is 4. The van der Waals surface area contributed by atoms with Gasteiger partial charge in [-0.05, 0) is 31.5 Å². The minimum atomic E-state index is -0.278. The maximum atomic E-state index is 12.4. The van der Waals surface area contributed by atoms with Crippen LogP contribution in [-0.4, -0.2) is 23.0 Å². The zero-order valence-electron chi connectivity index (χ0n) is 13.2. The second kappa shape index (κ2) is 7.01. The summed E-state index contributed by atoms with van der Waals surface area (Å²) in [7, 11) is 0. The molecular weight excluding hydrogens is 306 g/mol. The third kappa shape index (κ3) is 3.82. The Morgan fingerprint density at radius 2 is 1.83 bits per heavy atom. The van der Waals surface area contributed by atoms with Gasteiger partial charge in [0, 0.05) is 11.3 Å². The summed E-state index contributed by atoms with van der Waals surface area (Å²) in [5.74, 6) is -0.176. The fourth-order valence-electron chi connectivity index (χ4n) is 2.46. The van der Waals surface area contributed by atoms with Gasteiger partial charge in [-0.2, -0.15) is 0 Å². The molecule has 1 aliphatic heterocycles. The zero-order chi connectivity index (χ0) is 16.2. The second-order valence-electron chi connectivity index (χ2n) is 5.69. The molecule has 0 amide bonds. The number of carbonyl (C=O) groups is 1. The van der Waals surface area contributed by atoms with Gasteiger partial charge in [0.05, 0.1) is 17.5 Å². The van der Waals surface area contributed by atoms with Crippen LogP contribution in [0.5, 0.6) is 0 Å². The molecule has 1 heterocycles. The Morgan fingerprint density at radius 3 is 2.57 bits per heavy atom. The van der Waals surface area contributed by atoms with Gasteiger partial charge in [0.2, 0.25) is 0 Å². The van der Waals surface area contributed by atoms with E-state index in [1.807, 2.05) is 68.4 Å². The summed E-state index contributed by atoms with van der Waals surface area (Å²) in [5.41, 5.74) is 2.89. The quantitative estimate of drug-likeness (QED) is 0.773. The lowest BCUT2D eigenvalue weighted by Crippen LogP contribution is -2.25. The van der Waals surface area contributed by atoms with Crippen LogP contribution >= 0.6 is 11.8 Å². The molecule has 0 fully saturated rings. The van der Waals surface area contributed by atoms with Crippen molar-refractivity contribution in [2.24, 2.45) is 4.99 Å². The van der Waals surface area contributed by atoms with Crippen molar-refractivity contribution >= 4 is 29.1 Å². The SMILES string of the molecule is CC(C)OC(=O)C1CC(c2ccccc2)=Nc2ccccc2S1. The van der Waals surface area contributed by atoms with Gasteiger partial charge in [0.25, 0.3) is 0 Å². The number of nitrogens with zero attached hydrogens (tertiary/aromatic N) is 1. The van der Waals surface area contributed by atoms with Gasteiger partial charge in [-0.3, -0.25) is 9.79 Å². The molecule has 3 rings (SSSR count). The summed E-state index contributed by atoms with van der Waals surface area (Å²) in [6.07, 6.45) is 0.452. The van der Waals surface area contributed by atoms with Gasteiger partial charge in [-0.1, -0.05) is 42.5 Å². The standard InChI is InChI=1S/C19H19NO2S/c1-13(2)22-19(21)18-12-16(14-8-4-3-5-9-14)20-15-10-6-7-11-17(15)23-18/h3-11,13,18H,12H2,1-2H3. The Balaban J connectivity index is 1.98. The molecule has 0 aromatic heterocycles. The molecular formula is C19H19NO2S. The minimum Gasteiger partial charge on any atom is -0.462 e. The zero-order valence-corrected chi connectivity index (χ0v) is 14.0. The molecule has 0 spiro atoms. The summed E-state index contributed by atoms with van der Waals surface area (Å²) in [6.45, 7) is 3.75. The molecule has 4 heteroatoms. The van der Waals surface area contributed by atoms with E-state index < -0.39 is 0 Å². The molecule has 1 aliphatic rings. The summed E-state index contributed by atoms with van der Waals surface area (Å²) in [4.78, 5) is 18.3. The van der Waals surface area contributed by atoms with Crippen LogP contribution in [0.4, 0.5) is 5.69 Å². The van der Waals surface area contributed by atoms with Crippen molar-refractivity contribution in [3.63, 3.8) is 0 Å². The predicted molar refractivity (Wildman–Crippen MR) is 94.6 cm³/mol. The van der Waals surface area contributed by atoms with Crippen LogP contribution in [0.15, 0.2) is 64.5 Å². The van der Waals surface area contributed by atoms with E-state index in [4.69, 9.17) is 9.73 Å². The first-order chi connectivity index (χ1) is 11.1. The van der Waals surface area contributed by atoms with Crippen LogP contribution in [0.25, 0.3) is 0 Å². The third-order valence-corrected chi connectivity index (χ3v) is 4.73. The normalized spacial score (nSPS) is 17.2. The Labute approximate surface area is 140 Å². The maximum absolute atomic E-state index is 12.4. The molecule has 0 radical (unpaired) electrons. The van der Waals surface area contributed by atoms with E-state index in [9.17, 15) is 4.79 Å². The molecule has 3 nitrogen and oxygen atoms in total. The number of thioether (sulfide) groups is 1. The van der Waals surface area contributed by atoms with Crippen molar-refractivity contribution < 1.29 is 9.53 Å². The lowest BCUT2D eigenvalue weighted by Gasteiger charge is -2.16. The lowest BCUT2D eigenvalue weighted by atomic mass is 10.1. The summed E-state index contributed by atoms with van der Waals surface area (Å²) in [6, 6.07) is 18.0. The number of aliphatic imine (C=N–C) groups is 1. The molecule has 1 atom stereocenters. The predicted octanol–water partition coefficient (Wildman–Crippen LogP) is 4.62. The molecule has 1 unspecified atom stereocenters. The largest absolute Gasteiger partial charge is 0.462 e. The Hall–Kier alpha value is -2.07. The van der Waals surface area contributed by atoms with Gasteiger partial charge in [-0.15, -0.1) is 11.8 Å². The van der Waals surface area contributed by atoms with Crippen LogP contribution in [0.1, 0.15) is 25.8 Å². The summed E-state index contributed by atoms with van der Waals surface area (Å²) in [5, 5.41) is -0.278. The average Bonchev–Trinajstić information content (AvgIpc) is 2.74. The molecule has 118 valence electrons. The fourth-order valence-corrected chi connectivity index (χ4v) is 3.55. The van der Waals surface area contributed by atoms with E-state index in [1.54, 1.807) is 0 Å². The van der Waals surface area contributed by atoms with Crippen molar-refractivity contribution in [3.8, 4) is 0 Å². The maximum Gasteiger partial charge on any atom is 0.320 e. The Kier molecular flexibility index (Phi) is 4.82. The second-order valence-corrected chi connectivity index (χ2v) is 6.93. The van der Waals surface area contributed by atoms with Crippen molar-refractivity contribution in [1.29, 1.82) is 0 Å². The van der Waals surface area contributed by atoms with Crippen molar-refractivity contribution in [2.75, 3.05) is 0 Å². The number of hydrogen-bond donors (Lipinski definition) is 0. The summed E-state index contributed by atoms with van der Waals surface area (Å²) >= 11 is 1.54. The monoisotopic (exact) mass is 325 g/mol. The number of benzene rings is 2. The highest BCUT2D eigenvalue weighted by Gasteiger charge is 2.28. The van der Waals surface area contributed by atoms with Crippen LogP contribution in [0.2, 0.25) is 0 Å². The minimum absolute atomic E-state index is 0.112. The van der Waals surface area contributed by atoms with Crippen LogP contribution in [-0.2, 0) is 9.53 Å². The number of para-hydroxylation sites is 1. The molecule has 0 saturated carbocycles. The van der Waals surface area contributed by atoms with Crippen molar-refractivity contribution in [1.82, 2.24) is 0 Å². The molecule has 0 aliphatic carbocycles. The lowest BCUT2D eigenvalue weighted by molar-refractivity contribution is -0.146. The van der Waals surface area contributed by atoms with Gasteiger partial charge in [0.15, 0.2) is 0 Å². The highest BCUT2D eigenvalue weighted by atomic mass is 32.2. The van der Waals surface area contributed by atoms with E-state index in [2.05, 4.69) is 0 Å². The average molecular weight is 325 g/mol. The fraction of sp³-hybridized carbons (Fsp3) is 0.263. The van der Waals surface area contributed by atoms with Gasteiger partial charge in [0.1, 0.15) is 5.25 Å². The number of rotatable bonds is 3. The molecule has 0 bridgehead atoms. The van der Waals surface area contributed by atoms with Crippen LogP contribution in [0, 0.1) is 0 Å². The highest BCUT2D eigenvalue weighted by Crippen LogP contribution is 2.38. The molecule has 0 N–H and O–H groups in total. The smallest absolute Gasteiger partial charge is 0.320 e. The number of fused-ring (bicyclic) bond motifs is 1. The van der Waals surface area contributed by atoms with E-state index in [1.165, 1.54) is 11.8 Å². The van der Waals surface area contributed by atoms with Gasteiger partial charge in [-0.25, -0.2) is 0 Å². The first-order valence-corrected chi connectivity index (χ1v) is 8.60. The highest BCUT2D eigenvalue weighted by molar-refractivity contribution is 8.00. The number of esters is 1. The first kappa shape index (κ1) is 15.8. The first-order valence-electron chi connectivity index (χ1n) is 7.72. The topological polar surface area (TPSA) is 38.7 Å². The number of carbonyl (C=O) groups excluding carboxylic acids is 1. The van der Waals surface area contributed by atoms with Crippen LogP contribution < -0.4 is 0 Å². The van der Waals surface area contributed by atoms with E-state index in [-0.39, 0.29) is 17.3 Å².